The number of carbonyl (C=O) groups excluding carboxylic acids is 3. The van der Waals surface area contributed by atoms with Gasteiger partial charge < -0.3 is 14.8 Å². The predicted octanol–water partition coefficient (Wildman–Crippen LogP) is 1.25. The number of hydrogen-bond acceptors (Lipinski definition) is 6. The van der Waals surface area contributed by atoms with Gasteiger partial charge in [-0.2, -0.15) is 5.10 Å². The molecule has 2 amide bonds. The molecule has 0 heterocycles. The molecule has 8 nitrogen and oxygen atoms in total. The van der Waals surface area contributed by atoms with E-state index < -0.39 is 17.8 Å². The molecular formula is C19H19N3O5. The van der Waals surface area contributed by atoms with E-state index in [0.717, 1.165) is 5.56 Å². The number of rotatable bonds is 6. The van der Waals surface area contributed by atoms with Gasteiger partial charge in [0, 0.05) is 6.54 Å². The molecule has 2 N–H and O–H groups in total. The molecule has 0 spiro atoms. The molecule has 0 saturated heterocycles. The Kier molecular flexibility index (Phi) is 7.07. The van der Waals surface area contributed by atoms with Gasteiger partial charge in [0.2, 0.25) is 0 Å². The first-order chi connectivity index (χ1) is 13.0. The molecule has 2 aromatic carbocycles. The Hall–Kier alpha value is -3.68. The molecule has 8 heteroatoms. The topological polar surface area (TPSA) is 106 Å². The van der Waals surface area contributed by atoms with E-state index >= 15 is 0 Å². The Morgan fingerprint density at radius 3 is 2.22 bits per heavy atom. The van der Waals surface area contributed by atoms with E-state index in [-0.39, 0.29) is 6.54 Å². The van der Waals surface area contributed by atoms with Crippen molar-refractivity contribution in [2.45, 2.75) is 6.54 Å². The van der Waals surface area contributed by atoms with Crippen LogP contribution in [-0.4, -0.2) is 38.2 Å². The zero-order valence-electron chi connectivity index (χ0n) is 14.9. The number of benzene rings is 2. The lowest BCUT2D eigenvalue weighted by molar-refractivity contribution is -0.139. The molecule has 0 fully saturated rings. The monoisotopic (exact) mass is 369 g/mol. The van der Waals surface area contributed by atoms with Gasteiger partial charge >= 0.3 is 17.8 Å². The van der Waals surface area contributed by atoms with Crippen LogP contribution in [0.2, 0.25) is 0 Å². The van der Waals surface area contributed by atoms with Crippen molar-refractivity contribution in [3.63, 3.8) is 0 Å². The van der Waals surface area contributed by atoms with E-state index in [4.69, 9.17) is 4.74 Å². The summed E-state index contributed by atoms with van der Waals surface area (Å²) in [6.45, 7) is 0.203. The van der Waals surface area contributed by atoms with Gasteiger partial charge in [0.05, 0.1) is 26.0 Å². The molecule has 0 aliphatic heterocycles. The number of esters is 1. The number of hydrazone groups is 1. The Morgan fingerprint density at radius 2 is 1.63 bits per heavy atom. The van der Waals surface area contributed by atoms with Crippen molar-refractivity contribution in [1.29, 1.82) is 0 Å². The van der Waals surface area contributed by atoms with E-state index in [9.17, 15) is 14.4 Å². The molecule has 27 heavy (non-hydrogen) atoms. The number of hydrogen-bond donors (Lipinski definition) is 2. The van der Waals surface area contributed by atoms with Gasteiger partial charge in [-0.25, -0.2) is 10.2 Å². The maximum atomic E-state index is 11.8. The minimum absolute atomic E-state index is 0.203. The standard InChI is InChI=1S/C19H19N3O5/c1-26-16-9-5-13(6-10-16)11-20-17(23)18(24)22-21-12-14-3-7-15(8-4-14)19(25)27-2/h3-10,12H,11H2,1-2H3,(H,20,23)(H,22,24)/b21-12+. The summed E-state index contributed by atoms with van der Waals surface area (Å²) in [4.78, 5) is 34.8. The maximum absolute atomic E-state index is 11.8. The van der Waals surface area contributed by atoms with Crippen LogP contribution in [0, 0.1) is 0 Å². The van der Waals surface area contributed by atoms with Gasteiger partial charge in [-0.05, 0) is 35.4 Å². The fourth-order valence-corrected chi connectivity index (χ4v) is 2.05. The molecule has 2 aromatic rings. The zero-order valence-corrected chi connectivity index (χ0v) is 14.9. The van der Waals surface area contributed by atoms with E-state index in [1.54, 1.807) is 55.6 Å². The second-order valence-electron chi connectivity index (χ2n) is 5.34. The third-order valence-corrected chi connectivity index (χ3v) is 3.53. The Bertz CT molecular complexity index is 829. The van der Waals surface area contributed by atoms with Crippen molar-refractivity contribution in [3.05, 3.63) is 65.2 Å². The molecule has 0 unspecified atom stereocenters. The lowest BCUT2D eigenvalue weighted by atomic mass is 10.1. The Balaban J connectivity index is 1.80. The number of amides is 2. The fourth-order valence-electron chi connectivity index (χ4n) is 2.05. The number of nitrogens with zero attached hydrogens (tertiary/aromatic N) is 1. The Labute approximate surface area is 156 Å². The number of carbonyl (C=O) groups is 3. The molecule has 0 bridgehead atoms. The van der Waals surface area contributed by atoms with Gasteiger partial charge in [0.15, 0.2) is 0 Å². The molecule has 2 rings (SSSR count). The smallest absolute Gasteiger partial charge is 0.337 e. The lowest BCUT2D eigenvalue weighted by Gasteiger charge is -2.05. The normalized spacial score (nSPS) is 10.3. The highest BCUT2D eigenvalue weighted by Gasteiger charge is 2.12. The summed E-state index contributed by atoms with van der Waals surface area (Å²) in [5.41, 5.74) is 4.01. The summed E-state index contributed by atoms with van der Waals surface area (Å²) < 4.78 is 9.65. The van der Waals surface area contributed by atoms with Crippen molar-refractivity contribution >= 4 is 24.0 Å². The predicted molar refractivity (Wildman–Crippen MR) is 98.4 cm³/mol. The number of methoxy groups -OCH3 is 2. The first-order valence-corrected chi connectivity index (χ1v) is 7.96. The molecule has 0 radical (unpaired) electrons. The van der Waals surface area contributed by atoms with Gasteiger partial charge in [-0.1, -0.05) is 24.3 Å². The average molecular weight is 369 g/mol. The molecule has 0 aromatic heterocycles. The lowest BCUT2D eigenvalue weighted by Crippen LogP contribution is -2.37. The highest BCUT2D eigenvalue weighted by Crippen LogP contribution is 2.10. The zero-order chi connectivity index (χ0) is 19.6. The van der Waals surface area contributed by atoms with Gasteiger partial charge in [-0.3, -0.25) is 9.59 Å². The van der Waals surface area contributed by atoms with E-state index in [1.807, 2.05) is 0 Å². The third kappa shape index (κ3) is 5.96. The van der Waals surface area contributed by atoms with Gasteiger partial charge in [0.25, 0.3) is 0 Å². The average Bonchev–Trinajstić information content (AvgIpc) is 2.72. The second kappa shape index (κ2) is 9.71. The maximum Gasteiger partial charge on any atom is 0.337 e. The highest BCUT2D eigenvalue weighted by atomic mass is 16.5. The molecule has 140 valence electrons. The summed E-state index contributed by atoms with van der Waals surface area (Å²) >= 11 is 0. The van der Waals surface area contributed by atoms with Crippen LogP contribution < -0.4 is 15.5 Å². The molecule has 0 aliphatic rings. The first kappa shape index (κ1) is 19.6. The largest absolute Gasteiger partial charge is 0.497 e. The van der Waals surface area contributed by atoms with Crippen LogP contribution in [0.25, 0.3) is 0 Å². The van der Waals surface area contributed by atoms with Crippen LogP contribution in [0.5, 0.6) is 5.75 Å². The molecule has 0 aliphatic carbocycles. The minimum atomic E-state index is -0.883. The van der Waals surface area contributed by atoms with Crippen molar-refractivity contribution in [2.75, 3.05) is 14.2 Å². The first-order valence-electron chi connectivity index (χ1n) is 7.96. The summed E-state index contributed by atoms with van der Waals surface area (Å²) in [5.74, 6) is -1.42. The summed E-state index contributed by atoms with van der Waals surface area (Å²) in [6.07, 6.45) is 1.36. The molecule has 0 atom stereocenters. The fraction of sp³-hybridized carbons (Fsp3) is 0.158. The van der Waals surface area contributed by atoms with Crippen LogP contribution >= 0.6 is 0 Å². The van der Waals surface area contributed by atoms with Crippen LogP contribution in [-0.2, 0) is 20.9 Å². The van der Waals surface area contributed by atoms with Crippen LogP contribution in [0.15, 0.2) is 53.6 Å². The Morgan fingerprint density at radius 1 is 0.963 bits per heavy atom. The summed E-state index contributed by atoms with van der Waals surface area (Å²) in [5, 5.41) is 6.21. The molecule has 0 saturated carbocycles. The highest BCUT2D eigenvalue weighted by molar-refractivity contribution is 6.35. The van der Waals surface area contributed by atoms with Crippen molar-refractivity contribution in [2.24, 2.45) is 5.10 Å². The number of nitrogens with one attached hydrogen (secondary N) is 2. The van der Waals surface area contributed by atoms with Crippen molar-refractivity contribution in [3.8, 4) is 5.75 Å². The van der Waals surface area contributed by atoms with E-state index in [1.165, 1.54) is 13.3 Å². The van der Waals surface area contributed by atoms with Crippen molar-refractivity contribution < 1.29 is 23.9 Å². The van der Waals surface area contributed by atoms with E-state index in [2.05, 4.69) is 20.6 Å². The molecular weight excluding hydrogens is 350 g/mol. The van der Waals surface area contributed by atoms with Gasteiger partial charge in [0.1, 0.15) is 5.75 Å². The SMILES string of the molecule is COC(=O)c1ccc(/C=N/NC(=O)C(=O)NCc2ccc(OC)cc2)cc1. The quantitative estimate of drug-likeness (QED) is 0.345. The van der Waals surface area contributed by atoms with Crippen LogP contribution in [0.4, 0.5) is 0 Å². The van der Waals surface area contributed by atoms with E-state index in [0.29, 0.717) is 16.9 Å². The number of ether oxygens (including phenoxy) is 2. The third-order valence-electron chi connectivity index (χ3n) is 3.53. The van der Waals surface area contributed by atoms with Crippen LogP contribution in [0.1, 0.15) is 21.5 Å². The second-order valence-corrected chi connectivity index (χ2v) is 5.34. The van der Waals surface area contributed by atoms with Crippen molar-refractivity contribution in [1.82, 2.24) is 10.7 Å². The van der Waals surface area contributed by atoms with Gasteiger partial charge in [-0.15, -0.1) is 0 Å². The van der Waals surface area contributed by atoms with Crippen LogP contribution in [0.3, 0.4) is 0 Å². The summed E-state index contributed by atoms with van der Waals surface area (Å²) in [6, 6.07) is 13.5. The minimum Gasteiger partial charge on any atom is -0.497 e. The summed E-state index contributed by atoms with van der Waals surface area (Å²) in [7, 11) is 2.86.